The van der Waals surface area contributed by atoms with Crippen molar-refractivity contribution >= 4 is 21.6 Å². The monoisotopic (exact) mass is 284 g/mol. The van der Waals surface area contributed by atoms with Gasteiger partial charge in [-0.3, -0.25) is 0 Å². The molecule has 1 aromatic carbocycles. The average molecular weight is 284 g/mol. The fourth-order valence-electron chi connectivity index (χ4n) is 3.05. The lowest BCUT2D eigenvalue weighted by Crippen LogP contribution is -2.18. The summed E-state index contributed by atoms with van der Waals surface area (Å²) in [5.74, 6) is 0. The van der Waals surface area contributed by atoms with Gasteiger partial charge in [0, 0.05) is 11.6 Å². The lowest BCUT2D eigenvalue weighted by Gasteiger charge is -2.19. The van der Waals surface area contributed by atoms with Gasteiger partial charge >= 0.3 is 0 Å². The molecule has 0 saturated carbocycles. The standard InChI is InChI=1S/C15H16N4S/c1-9-14-10(16)5-4-7-12(14)19(18-9)15-17-11-6-2-3-8-13(11)20-15/h2-3,6,8,10H,4-5,7,16H2,1H3. The van der Waals surface area contributed by atoms with E-state index in [0.717, 1.165) is 35.6 Å². The molecule has 1 aliphatic carbocycles. The molecule has 0 aliphatic heterocycles. The van der Waals surface area contributed by atoms with Gasteiger partial charge in [-0.1, -0.05) is 23.5 Å². The first-order valence-electron chi connectivity index (χ1n) is 6.94. The molecule has 4 nitrogen and oxygen atoms in total. The van der Waals surface area contributed by atoms with Gasteiger partial charge in [0.05, 0.1) is 21.6 Å². The number of para-hydroxylation sites is 1. The number of hydrogen-bond donors (Lipinski definition) is 1. The minimum atomic E-state index is 0.127. The molecule has 102 valence electrons. The van der Waals surface area contributed by atoms with Gasteiger partial charge in [-0.2, -0.15) is 5.10 Å². The highest BCUT2D eigenvalue weighted by Crippen LogP contribution is 2.33. The number of hydrogen-bond acceptors (Lipinski definition) is 4. The Morgan fingerprint density at radius 3 is 3.05 bits per heavy atom. The van der Waals surface area contributed by atoms with Gasteiger partial charge in [-0.15, -0.1) is 0 Å². The average Bonchev–Trinajstić information content (AvgIpc) is 3.00. The van der Waals surface area contributed by atoms with Gasteiger partial charge in [-0.05, 0) is 38.3 Å². The van der Waals surface area contributed by atoms with Crippen molar-refractivity contribution in [2.45, 2.75) is 32.2 Å². The third-order valence-electron chi connectivity index (χ3n) is 3.97. The van der Waals surface area contributed by atoms with E-state index < -0.39 is 0 Å². The Bertz CT molecular complexity index is 753. The topological polar surface area (TPSA) is 56.7 Å². The molecule has 3 aromatic rings. The quantitative estimate of drug-likeness (QED) is 0.747. The summed E-state index contributed by atoms with van der Waals surface area (Å²) in [6, 6.07) is 8.34. The van der Waals surface area contributed by atoms with Crippen molar-refractivity contribution in [2.24, 2.45) is 5.73 Å². The molecule has 1 atom stereocenters. The lowest BCUT2D eigenvalue weighted by molar-refractivity contribution is 0.556. The first-order chi connectivity index (χ1) is 9.74. The Hall–Kier alpha value is -1.72. The highest BCUT2D eigenvalue weighted by atomic mass is 32.1. The van der Waals surface area contributed by atoms with Crippen LogP contribution in [0, 0.1) is 6.92 Å². The largest absolute Gasteiger partial charge is 0.324 e. The van der Waals surface area contributed by atoms with Crippen LogP contribution in [0.3, 0.4) is 0 Å². The second-order valence-electron chi connectivity index (χ2n) is 5.32. The van der Waals surface area contributed by atoms with Crippen LogP contribution in [0.15, 0.2) is 24.3 Å². The maximum atomic E-state index is 6.24. The number of thiazole rings is 1. The Kier molecular flexibility index (Phi) is 2.65. The fraction of sp³-hybridized carbons (Fsp3) is 0.333. The molecule has 1 aliphatic rings. The Labute approximate surface area is 121 Å². The number of aromatic nitrogens is 3. The summed E-state index contributed by atoms with van der Waals surface area (Å²) in [4.78, 5) is 4.71. The maximum absolute atomic E-state index is 6.24. The van der Waals surface area contributed by atoms with Gasteiger partial charge in [0.2, 0.25) is 5.13 Å². The molecule has 4 rings (SSSR count). The summed E-state index contributed by atoms with van der Waals surface area (Å²) < 4.78 is 3.21. The van der Waals surface area contributed by atoms with Crippen LogP contribution in [0.4, 0.5) is 0 Å². The summed E-state index contributed by atoms with van der Waals surface area (Å²) in [5, 5.41) is 5.64. The van der Waals surface area contributed by atoms with Gasteiger partial charge in [0.25, 0.3) is 0 Å². The molecule has 0 bridgehead atoms. The summed E-state index contributed by atoms with van der Waals surface area (Å²) >= 11 is 1.69. The minimum absolute atomic E-state index is 0.127. The molecule has 20 heavy (non-hydrogen) atoms. The molecule has 5 heteroatoms. The summed E-state index contributed by atoms with van der Waals surface area (Å²) in [7, 11) is 0. The zero-order valence-corrected chi connectivity index (χ0v) is 12.2. The third-order valence-corrected chi connectivity index (χ3v) is 4.98. The van der Waals surface area contributed by atoms with Crippen molar-refractivity contribution < 1.29 is 0 Å². The van der Waals surface area contributed by atoms with E-state index in [1.54, 1.807) is 11.3 Å². The van der Waals surface area contributed by atoms with Crippen LogP contribution in [0.25, 0.3) is 15.3 Å². The molecule has 2 N–H and O–H groups in total. The number of rotatable bonds is 1. The zero-order chi connectivity index (χ0) is 13.7. The van der Waals surface area contributed by atoms with Crippen LogP contribution in [0.5, 0.6) is 0 Å². The van der Waals surface area contributed by atoms with Crippen LogP contribution in [0.2, 0.25) is 0 Å². The molecule has 0 amide bonds. The summed E-state index contributed by atoms with van der Waals surface area (Å²) in [5.41, 5.74) is 10.8. The van der Waals surface area contributed by atoms with Crippen molar-refractivity contribution in [1.29, 1.82) is 0 Å². The predicted octanol–water partition coefficient (Wildman–Crippen LogP) is 3.13. The molecule has 1 unspecified atom stereocenters. The van der Waals surface area contributed by atoms with Crippen molar-refractivity contribution in [1.82, 2.24) is 14.8 Å². The van der Waals surface area contributed by atoms with E-state index in [1.165, 1.54) is 16.0 Å². The first kappa shape index (κ1) is 12.1. The summed E-state index contributed by atoms with van der Waals surface area (Å²) in [6.07, 6.45) is 3.23. The van der Waals surface area contributed by atoms with Gasteiger partial charge in [0.15, 0.2) is 0 Å². The second-order valence-corrected chi connectivity index (χ2v) is 6.33. The van der Waals surface area contributed by atoms with Gasteiger partial charge in [0.1, 0.15) is 0 Å². The van der Waals surface area contributed by atoms with Crippen LogP contribution < -0.4 is 5.73 Å². The molecule has 2 heterocycles. The SMILES string of the molecule is Cc1nn(-c2nc3ccccc3s2)c2c1C(N)CCC2. The van der Waals surface area contributed by atoms with E-state index in [-0.39, 0.29) is 6.04 Å². The number of nitrogens with zero attached hydrogens (tertiary/aromatic N) is 3. The molecular formula is C15H16N4S. The number of fused-ring (bicyclic) bond motifs is 2. The summed E-state index contributed by atoms with van der Waals surface area (Å²) in [6.45, 7) is 2.05. The molecule has 0 fully saturated rings. The van der Waals surface area contributed by atoms with Crippen LogP contribution >= 0.6 is 11.3 Å². The molecule has 2 aromatic heterocycles. The van der Waals surface area contributed by atoms with Crippen molar-refractivity contribution in [2.75, 3.05) is 0 Å². The van der Waals surface area contributed by atoms with Crippen molar-refractivity contribution in [3.8, 4) is 5.13 Å². The van der Waals surface area contributed by atoms with E-state index in [2.05, 4.69) is 6.07 Å². The second kappa shape index (κ2) is 4.40. The van der Waals surface area contributed by atoms with Gasteiger partial charge < -0.3 is 5.73 Å². The van der Waals surface area contributed by atoms with Crippen LogP contribution in [-0.2, 0) is 6.42 Å². The highest BCUT2D eigenvalue weighted by Gasteiger charge is 2.26. The highest BCUT2D eigenvalue weighted by molar-refractivity contribution is 7.20. The predicted molar refractivity (Wildman–Crippen MR) is 81.3 cm³/mol. The maximum Gasteiger partial charge on any atom is 0.211 e. The van der Waals surface area contributed by atoms with Crippen LogP contribution in [-0.4, -0.2) is 14.8 Å². The van der Waals surface area contributed by atoms with Crippen molar-refractivity contribution in [3.63, 3.8) is 0 Å². The molecule has 0 saturated heterocycles. The normalized spacial score (nSPS) is 18.4. The number of aryl methyl sites for hydroxylation is 1. The Morgan fingerprint density at radius 2 is 2.20 bits per heavy atom. The van der Waals surface area contributed by atoms with E-state index in [1.807, 2.05) is 29.8 Å². The van der Waals surface area contributed by atoms with Crippen molar-refractivity contribution in [3.05, 3.63) is 41.2 Å². The van der Waals surface area contributed by atoms with E-state index in [0.29, 0.717) is 0 Å². The molecular weight excluding hydrogens is 268 g/mol. The molecule has 0 spiro atoms. The van der Waals surface area contributed by atoms with E-state index in [9.17, 15) is 0 Å². The number of nitrogens with two attached hydrogens (primary N) is 1. The van der Waals surface area contributed by atoms with Gasteiger partial charge in [-0.25, -0.2) is 9.67 Å². The zero-order valence-electron chi connectivity index (χ0n) is 11.3. The third kappa shape index (κ3) is 1.70. The smallest absolute Gasteiger partial charge is 0.211 e. The molecule has 0 radical (unpaired) electrons. The Morgan fingerprint density at radius 1 is 1.35 bits per heavy atom. The minimum Gasteiger partial charge on any atom is -0.324 e. The number of benzene rings is 1. The lowest BCUT2D eigenvalue weighted by atomic mass is 9.92. The Balaban J connectivity index is 1.92. The fourth-order valence-corrected chi connectivity index (χ4v) is 4.00. The van der Waals surface area contributed by atoms with E-state index in [4.69, 9.17) is 15.8 Å². The van der Waals surface area contributed by atoms with Crippen LogP contribution in [0.1, 0.15) is 35.8 Å². The van der Waals surface area contributed by atoms with E-state index >= 15 is 0 Å². The first-order valence-corrected chi connectivity index (χ1v) is 7.75.